The van der Waals surface area contributed by atoms with E-state index >= 15 is 0 Å². The van der Waals surface area contributed by atoms with Crippen molar-refractivity contribution < 1.29 is 4.39 Å². The first-order valence-electron chi connectivity index (χ1n) is 5.64. The van der Waals surface area contributed by atoms with E-state index in [0.29, 0.717) is 14.5 Å². The molecule has 1 unspecified atom stereocenters. The van der Waals surface area contributed by atoms with E-state index in [0.717, 1.165) is 11.3 Å². The Morgan fingerprint density at radius 2 is 1.89 bits per heavy atom. The van der Waals surface area contributed by atoms with Crippen LogP contribution in [0.2, 0.25) is 10.0 Å². The number of nitrogens with one attached hydrogen (secondary N) is 1. The number of rotatable bonds is 3. The highest BCUT2D eigenvalue weighted by Gasteiger charge is 2.10. The molecule has 0 radical (unpaired) electrons. The molecule has 0 amide bonds. The molecule has 0 saturated carbocycles. The molecule has 0 aromatic heterocycles. The summed E-state index contributed by atoms with van der Waals surface area (Å²) in [5.41, 5.74) is 1.75. The van der Waals surface area contributed by atoms with Crippen LogP contribution in [0.4, 0.5) is 10.1 Å². The Labute approximate surface area is 129 Å². The lowest BCUT2D eigenvalue weighted by Crippen LogP contribution is -2.07. The lowest BCUT2D eigenvalue weighted by molar-refractivity contribution is 0.621. The summed E-state index contributed by atoms with van der Waals surface area (Å²) in [6, 6.07) is 10.1. The SMILES string of the molecule is CC(Nc1ccc(F)c(Br)c1)c1ccc(Cl)cc1Cl. The van der Waals surface area contributed by atoms with Crippen LogP contribution in [0.25, 0.3) is 0 Å². The van der Waals surface area contributed by atoms with Crippen LogP contribution in [0, 0.1) is 5.82 Å². The van der Waals surface area contributed by atoms with Crippen LogP contribution in [-0.2, 0) is 0 Å². The van der Waals surface area contributed by atoms with Gasteiger partial charge in [0.15, 0.2) is 0 Å². The second-order valence-electron chi connectivity index (χ2n) is 4.16. The first-order chi connectivity index (χ1) is 8.97. The summed E-state index contributed by atoms with van der Waals surface area (Å²) < 4.78 is 13.6. The smallest absolute Gasteiger partial charge is 0.137 e. The molecule has 1 nitrogen and oxygen atoms in total. The Hall–Kier alpha value is -0.770. The Morgan fingerprint density at radius 1 is 1.16 bits per heavy atom. The van der Waals surface area contributed by atoms with E-state index in [4.69, 9.17) is 23.2 Å². The molecule has 0 aliphatic heterocycles. The maximum atomic E-state index is 13.2. The van der Waals surface area contributed by atoms with E-state index < -0.39 is 0 Å². The van der Waals surface area contributed by atoms with Gasteiger partial charge in [-0.15, -0.1) is 0 Å². The van der Waals surface area contributed by atoms with Gasteiger partial charge in [0.2, 0.25) is 0 Å². The van der Waals surface area contributed by atoms with E-state index in [2.05, 4.69) is 21.2 Å². The Morgan fingerprint density at radius 3 is 2.53 bits per heavy atom. The zero-order chi connectivity index (χ0) is 14.0. The van der Waals surface area contributed by atoms with Crippen molar-refractivity contribution in [2.24, 2.45) is 0 Å². The Balaban J connectivity index is 2.20. The average Bonchev–Trinajstić information content (AvgIpc) is 2.33. The number of hydrogen-bond donors (Lipinski definition) is 1. The molecule has 0 aliphatic rings. The third-order valence-electron chi connectivity index (χ3n) is 2.73. The molecule has 0 fully saturated rings. The molecule has 1 atom stereocenters. The average molecular weight is 363 g/mol. The Bertz CT molecular complexity index is 604. The highest BCUT2D eigenvalue weighted by Crippen LogP contribution is 2.29. The standard InChI is InChI=1S/C14H11BrCl2FN/c1-8(11-4-2-9(16)6-13(11)17)19-10-3-5-14(18)12(15)7-10/h2-8,19H,1H3. The summed E-state index contributed by atoms with van der Waals surface area (Å²) in [6.07, 6.45) is 0. The van der Waals surface area contributed by atoms with Crippen molar-refractivity contribution in [1.82, 2.24) is 0 Å². The molecule has 1 N–H and O–H groups in total. The minimum Gasteiger partial charge on any atom is -0.378 e. The van der Waals surface area contributed by atoms with Crippen molar-refractivity contribution in [3.05, 3.63) is 62.3 Å². The van der Waals surface area contributed by atoms with Gasteiger partial charge in [-0.25, -0.2) is 4.39 Å². The van der Waals surface area contributed by atoms with Gasteiger partial charge in [0.25, 0.3) is 0 Å². The van der Waals surface area contributed by atoms with Crippen LogP contribution < -0.4 is 5.32 Å². The van der Waals surface area contributed by atoms with Gasteiger partial charge < -0.3 is 5.32 Å². The second-order valence-corrected chi connectivity index (χ2v) is 5.86. The van der Waals surface area contributed by atoms with Gasteiger partial charge in [-0.1, -0.05) is 29.3 Å². The largest absolute Gasteiger partial charge is 0.378 e. The molecule has 0 saturated heterocycles. The van der Waals surface area contributed by atoms with Gasteiger partial charge in [-0.05, 0) is 58.7 Å². The van der Waals surface area contributed by atoms with Gasteiger partial charge in [0.1, 0.15) is 5.82 Å². The third kappa shape index (κ3) is 3.62. The first-order valence-corrected chi connectivity index (χ1v) is 7.19. The molecule has 2 aromatic rings. The van der Waals surface area contributed by atoms with Crippen molar-refractivity contribution in [3.63, 3.8) is 0 Å². The fraction of sp³-hybridized carbons (Fsp3) is 0.143. The van der Waals surface area contributed by atoms with Crippen molar-refractivity contribution in [3.8, 4) is 0 Å². The quantitative estimate of drug-likeness (QED) is 0.698. The van der Waals surface area contributed by atoms with E-state index in [1.807, 2.05) is 13.0 Å². The van der Waals surface area contributed by atoms with Crippen molar-refractivity contribution >= 4 is 44.8 Å². The maximum Gasteiger partial charge on any atom is 0.137 e. The summed E-state index contributed by atoms with van der Waals surface area (Å²) in [6.45, 7) is 1.98. The van der Waals surface area contributed by atoms with E-state index in [1.165, 1.54) is 6.07 Å². The molecule has 2 aromatic carbocycles. The summed E-state index contributed by atoms with van der Waals surface area (Å²) in [4.78, 5) is 0. The van der Waals surface area contributed by atoms with Gasteiger partial charge in [-0.2, -0.15) is 0 Å². The molecule has 5 heteroatoms. The minimum atomic E-state index is -0.289. The number of halogens is 4. The Kier molecular flexibility index (Phi) is 4.71. The molecule has 0 heterocycles. The van der Waals surface area contributed by atoms with E-state index in [-0.39, 0.29) is 11.9 Å². The molecule has 100 valence electrons. The van der Waals surface area contributed by atoms with Gasteiger partial charge in [0.05, 0.1) is 4.47 Å². The molecule has 2 rings (SSSR count). The zero-order valence-electron chi connectivity index (χ0n) is 10.1. The van der Waals surface area contributed by atoms with Crippen LogP contribution in [0.1, 0.15) is 18.5 Å². The summed E-state index contributed by atoms with van der Waals surface area (Å²) in [5.74, 6) is -0.289. The number of anilines is 1. The van der Waals surface area contributed by atoms with Crippen LogP contribution in [0.5, 0.6) is 0 Å². The molecule has 0 aliphatic carbocycles. The topological polar surface area (TPSA) is 12.0 Å². The minimum absolute atomic E-state index is 0.0119. The first kappa shape index (κ1) is 14.6. The van der Waals surface area contributed by atoms with Crippen molar-refractivity contribution in [2.45, 2.75) is 13.0 Å². The van der Waals surface area contributed by atoms with Crippen molar-refractivity contribution in [2.75, 3.05) is 5.32 Å². The van der Waals surface area contributed by atoms with Crippen LogP contribution in [0.3, 0.4) is 0 Å². The lowest BCUT2D eigenvalue weighted by atomic mass is 10.1. The second kappa shape index (κ2) is 6.12. The zero-order valence-corrected chi connectivity index (χ0v) is 13.2. The van der Waals surface area contributed by atoms with Gasteiger partial charge in [0, 0.05) is 21.8 Å². The van der Waals surface area contributed by atoms with E-state index in [1.54, 1.807) is 24.3 Å². The molecular weight excluding hydrogens is 352 g/mol. The monoisotopic (exact) mass is 361 g/mol. The lowest BCUT2D eigenvalue weighted by Gasteiger charge is -2.17. The van der Waals surface area contributed by atoms with Crippen LogP contribution >= 0.6 is 39.1 Å². The summed E-state index contributed by atoms with van der Waals surface area (Å²) in [7, 11) is 0. The fourth-order valence-electron chi connectivity index (χ4n) is 1.77. The molecular formula is C14H11BrCl2FN. The third-order valence-corrected chi connectivity index (χ3v) is 3.90. The predicted molar refractivity (Wildman–Crippen MR) is 82.6 cm³/mol. The predicted octanol–water partition coefficient (Wildman–Crippen LogP) is 6.07. The number of hydrogen-bond acceptors (Lipinski definition) is 1. The maximum absolute atomic E-state index is 13.2. The normalized spacial score (nSPS) is 12.3. The van der Waals surface area contributed by atoms with Crippen LogP contribution in [0.15, 0.2) is 40.9 Å². The summed E-state index contributed by atoms with van der Waals surface area (Å²) >= 11 is 15.2. The van der Waals surface area contributed by atoms with Gasteiger partial charge >= 0.3 is 0 Å². The highest BCUT2D eigenvalue weighted by atomic mass is 79.9. The molecule has 0 bridgehead atoms. The molecule has 19 heavy (non-hydrogen) atoms. The van der Waals surface area contributed by atoms with Gasteiger partial charge in [-0.3, -0.25) is 0 Å². The van der Waals surface area contributed by atoms with Crippen molar-refractivity contribution in [1.29, 1.82) is 0 Å². The van der Waals surface area contributed by atoms with Crippen LogP contribution in [-0.4, -0.2) is 0 Å². The summed E-state index contributed by atoms with van der Waals surface area (Å²) in [5, 5.41) is 4.47. The molecule has 0 spiro atoms. The number of benzene rings is 2. The highest BCUT2D eigenvalue weighted by molar-refractivity contribution is 9.10. The fourth-order valence-corrected chi connectivity index (χ4v) is 2.72. The van der Waals surface area contributed by atoms with E-state index in [9.17, 15) is 4.39 Å².